The van der Waals surface area contributed by atoms with Gasteiger partial charge in [-0.05, 0) is 37.7 Å². The molecule has 0 spiro atoms. The lowest BCUT2D eigenvalue weighted by atomic mass is 10.3. The highest BCUT2D eigenvalue weighted by atomic mass is 32.1. The fourth-order valence-electron chi connectivity index (χ4n) is 1.87. The molecule has 1 N–H and O–H groups in total. The number of fused-ring (bicyclic) bond motifs is 1. The number of nitrogens with zero attached hydrogens (tertiary/aromatic N) is 1. The van der Waals surface area contributed by atoms with Gasteiger partial charge in [0.15, 0.2) is 16.4 Å². The van der Waals surface area contributed by atoms with Crippen LogP contribution in [0.3, 0.4) is 0 Å². The summed E-state index contributed by atoms with van der Waals surface area (Å²) in [7, 11) is 0. The number of rotatable bonds is 5. The standard InChI is InChI=1S/C12H14F2N2OS/c1-2-17-7-3-6-16-11-9(15-12(16)18)5-4-8(13)10(11)14/h4-5H,2-3,6-7H2,1H3,(H,15,18). The highest BCUT2D eigenvalue weighted by Crippen LogP contribution is 2.20. The Hall–Kier alpha value is -1.27. The molecule has 0 atom stereocenters. The summed E-state index contributed by atoms with van der Waals surface area (Å²) in [5.74, 6) is -1.73. The van der Waals surface area contributed by atoms with Crippen LogP contribution in [0, 0.1) is 16.4 Å². The molecule has 1 heterocycles. The minimum atomic E-state index is -0.866. The van der Waals surface area contributed by atoms with E-state index in [0.717, 1.165) is 6.07 Å². The Labute approximate surface area is 108 Å². The third-order valence-corrected chi connectivity index (χ3v) is 3.02. The molecule has 0 amide bonds. The van der Waals surface area contributed by atoms with Gasteiger partial charge in [-0.1, -0.05) is 0 Å². The van der Waals surface area contributed by atoms with Gasteiger partial charge in [-0.25, -0.2) is 8.78 Å². The summed E-state index contributed by atoms with van der Waals surface area (Å²) in [6, 6.07) is 2.58. The maximum atomic E-state index is 13.8. The van der Waals surface area contributed by atoms with Crippen molar-refractivity contribution in [3.8, 4) is 0 Å². The summed E-state index contributed by atoms with van der Waals surface area (Å²) in [4.78, 5) is 2.87. The van der Waals surface area contributed by atoms with Gasteiger partial charge in [0.05, 0.1) is 5.52 Å². The Kier molecular flexibility index (Phi) is 4.08. The van der Waals surface area contributed by atoms with E-state index in [1.807, 2.05) is 6.92 Å². The van der Waals surface area contributed by atoms with Gasteiger partial charge in [0.25, 0.3) is 0 Å². The van der Waals surface area contributed by atoms with Crippen molar-refractivity contribution in [2.75, 3.05) is 13.2 Å². The maximum Gasteiger partial charge on any atom is 0.184 e. The molecular weight excluding hydrogens is 258 g/mol. The number of nitrogens with one attached hydrogen (secondary N) is 1. The number of aryl methyl sites for hydroxylation is 1. The molecule has 0 radical (unpaired) electrons. The molecule has 1 aromatic carbocycles. The van der Waals surface area contributed by atoms with Crippen molar-refractivity contribution in [2.24, 2.45) is 0 Å². The molecule has 0 aliphatic heterocycles. The summed E-state index contributed by atoms with van der Waals surface area (Å²) >= 11 is 5.11. The van der Waals surface area contributed by atoms with Crippen LogP contribution >= 0.6 is 12.2 Å². The van der Waals surface area contributed by atoms with Crippen LogP contribution in [0.25, 0.3) is 11.0 Å². The van der Waals surface area contributed by atoms with Crippen molar-refractivity contribution < 1.29 is 13.5 Å². The quantitative estimate of drug-likeness (QED) is 0.668. The average molecular weight is 272 g/mol. The molecule has 1 aromatic heterocycles. The van der Waals surface area contributed by atoms with Crippen molar-refractivity contribution in [3.63, 3.8) is 0 Å². The second-order valence-corrected chi connectivity index (χ2v) is 4.28. The molecule has 0 bridgehead atoms. The van der Waals surface area contributed by atoms with E-state index in [-0.39, 0.29) is 5.52 Å². The Morgan fingerprint density at radius 3 is 2.89 bits per heavy atom. The fourth-order valence-corrected chi connectivity index (χ4v) is 2.16. The molecule has 0 fully saturated rings. The van der Waals surface area contributed by atoms with E-state index < -0.39 is 11.6 Å². The number of imidazole rings is 1. The molecule has 0 unspecified atom stereocenters. The molecule has 2 rings (SSSR count). The van der Waals surface area contributed by atoms with Gasteiger partial charge in [0.1, 0.15) is 5.52 Å². The molecule has 2 aromatic rings. The first-order chi connectivity index (χ1) is 8.65. The SMILES string of the molecule is CCOCCCn1c(=S)[nH]c2ccc(F)c(F)c21. The van der Waals surface area contributed by atoms with Crippen LogP contribution in [0.1, 0.15) is 13.3 Å². The van der Waals surface area contributed by atoms with Crippen LogP contribution in [0.5, 0.6) is 0 Å². The zero-order chi connectivity index (χ0) is 13.1. The Morgan fingerprint density at radius 1 is 1.39 bits per heavy atom. The number of ether oxygens (including phenoxy) is 1. The zero-order valence-electron chi connectivity index (χ0n) is 10.0. The molecule has 0 aliphatic rings. The number of halogens is 2. The highest BCUT2D eigenvalue weighted by Gasteiger charge is 2.13. The predicted octanol–water partition coefficient (Wildman–Crippen LogP) is 3.40. The van der Waals surface area contributed by atoms with Crippen LogP contribution in [0.15, 0.2) is 12.1 Å². The number of aromatic nitrogens is 2. The van der Waals surface area contributed by atoms with Crippen molar-refractivity contribution >= 4 is 23.3 Å². The van der Waals surface area contributed by atoms with Gasteiger partial charge in [-0.2, -0.15) is 0 Å². The van der Waals surface area contributed by atoms with Crippen LogP contribution in [0.4, 0.5) is 8.78 Å². The lowest BCUT2D eigenvalue weighted by molar-refractivity contribution is 0.142. The van der Waals surface area contributed by atoms with E-state index in [1.165, 1.54) is 6.07 Å². The van der Waals surface area contributed by atoms with Crippen LogP contribution in [-0.2, 0) is 11.3 Å². The molecule has 0 saturated carbocycles. The number of H-pyrrole nitrogens is 1. The van der Waals surface area contributed by atoms with E-state index in [2.05, 4.69) is 4.98 Å². The monoisotopic (exact) mass is 272 g/mol. The predicted molar refractivity (Wildman–Crippen MR) is 68.1 cm³/mol. The number of benzene rings is 1. The van der Waals surface area contributed by atoms with Crippen molar-refractivity contribution in [2.45, 2.75) is 19.9 Å². The summed E-state index contributed by atoms with van der Waals surface area (Å²) < 4.78 is 34.2. The normalized spacial score (nSPS) is 11.3. The van der Waals surface area contributed by atoms with Gasteiger partial charge in [0, 0.05) is 19.8 Å². The first kappa shape index (κ1) is 13.2. The second-order valence-electron chi connectivity index (χ2n) is 3.89. The number of aromatic amines is 1. The Morgan fingerprint density at radius 2 is 2.17 bits per heavy atom. The zero-order valence-corrected chi connectivity index (χ0v) is 10.8. The smallest absolute Gasteiger partial charge is 0.184 e. The Bertz CT molecular complexity index is 606. The molecule has 18 heavy (non-hydrogen) atoms. The summed E-state index contributed by atoms with van der Waals surface area (Å²) in [6.45, 7) is 3.62. The number of hydrogen-bond acceptors (Lipinski definition) is 2. The number of hydrogen-bond donors (Lipinski definition) is 1. The first-order valence-corrected chi connectivity index (χ1v) is 6.20. The summed E-state index contributed by atoms with van der Waals surface area (Å²) in [5.41, 5.74) is 0.701. The fraction of sp³-hybridized carbons (Fsp3) is 0.417. The van der Waals surface area contributed by atoms with Crippen molar-refractivity contribution in [1.82, 2.24) is 9.55 Å². The van der Waals surface area contributed by atoms with Gasteiger partial charge in [-0.3, -0.25) is 0 Å². The minimum absolute atomic E-state index is 0.191. The van der Waals surface area contributed by atoms with E-state index in [1.54, 1.807) is 4.57 Å². The van der Waals surface area contributed by atoms with Gasteiger partial charge >= 0.3 is 0 Å². The molecular formula is C12H14F2N2OS. The summed E-state index contributed by atoms with van der Waals surface area (Å²) in [5, 5.41) is 0. The third kappa shape index (κ3) is 2.44. The summed E-state index contributed by atoms with van der Waals surface area (Å²) in [6.07, 6.45) is 0.699. The van der Waals surface area contributed by atoms with Crippen LogP contribution in [-0.4, -0.2) is 22.8 Å². The lowest BCUT2D eigenvalue weighted by Gasteiger charge is -2.05. The van der Waals surface area contributed by atoms with Crippen molar-refractivity contribution in [1.29, 1.82) is 0 Å². The van der Waals surface area contributed by atoms with E-state index >= 15 is 0 Å². The van der Waals surface area contributed by atoms with Crippen LogP contribution in [0.2, 0.25) is 0 Å². The van der Waals surface area contributed by atoms with E-state index in [9.17, 15) is 8.78 Å². The average Bonchev–Trinajstić information content (AvgIpc) is 2.67. The minimum Gasteiger partial charge on any atom is -0.382 e. The highest BCUT2D eigenvalue weighted by molar-refractivity contribution is 7.71. The molecule has 6 heteroatoms. The first-order valence-electron chi connectivity index (χ1n) is 5.79. The second kappa shape index (κ2) is 5.58. The van der Waals surface area contributed by atoms with Crippen molar-refractivity contribution in [3.05, 3.63) is 28.5 Å². The molecule has 3 nitrogen and oxygen atoms in total. The van der Waals surface area contributed by atoms with E-state index in [4.69, 9.17) is 17.0 Å². The van der Waals surface area contributed by atoms with Gasteiger partial charge in [0.2, 0.25) is 0 Å². The van der Waals surface area contributed by atoms with Crippen LogP contribution < -0.4 is 0 Å². The largest absolute Gasteiger partial charge is 0.382 e. The molecule has 0 aliphatic carbocycles. The van der Waals surface area contributed by atoms with E-state index in [0.29, 0.717) is 36.5 Å². The lowest BCUT2D eigenvalue weighted by Crippen LogP contribution is -2.04. The van der Waals surface area contributed by atoms with Gasteiger partial charge in [-0.15, -0.1) is 0 Å². The van der Waals surface area contributed by atoms with Gasteiger partial charge < -0.3 is 14.3 Å². The third-order valence-electron chi connectivity index (χ3n) is 2.70. The molecule has 98 valence electrons. The molecule has 0 saturated heterocycles. The maximum absolute atomic E-state index is 13.8. The Balaban J connectivity index is 2.34. The topological polar surface area (TPSA) is 29.9 Å².